The molecule has 2 aliphatic rings. The van der Waals surface area contributed by atoms with Crippen molar-refractivity contribution in [1.82, 2.24) is 18.7 Å². The topological polar surface area (TPSA) is 128 Å². The highest BCUT2D eigenvalue weighted by Gasteiger charge is 2.29. The number of aromatic nitrogens is 4. The zero-order valence-corrected chi connectivity index (χ0v) is 22.9. The van der Waals surface area contributed by atoms with Crippen LogP contribution in [0.15, 0.2) is 50.9 Å². The summed E-state index contributed by atoms with van der Waals surface area (Å²) in [5.41, 5.74) is 8.35. The zero-order chi connectivity index (χ0) is 27.4. The van der Waals surface area contributed by atoms with E-state index < -0.39 is 21.3 Å². The molecule has 1 aromatic carbocycles. The number of anilines is 2. The van der Waals surface area contributed by atoms with Crippen LogP contribution in [0.25, 0.3) is 16.7 Å². The molecule has 0 amide bonds. The molecule has 4 heterocycles. The molecule has 38 heavy (non-hydrogen) atoms. The van der Waals surface area contributed by atoms with Gasteiger partial charge in [0.15, 0.2) is 11.2 Å². The molecule has 1 unspecified atom stereocenters. The van der Waals surface area contributed by atoms with Gasteiger partial charge in [-0.25, -0.2) is 13.2 Å². The van der Waals surface area contributed by atoms with Crippen molar-refractivity contribution in [2.24, 2.45) is 12.8 Å². The van der Waals surface area contributed by atoms with E-state index >= 15 is 0 Å². The minimum Gasteiger partial charge on any atom is -0.341 e. The molecule has 2 aromatic heterocycles. The molecule has 12 heteroatoms. The van der Waals surface area contributed by atoms with Crippen LogP contribution in [0, 0.1) is 0 Å². The van der Waals surface area contributed by atoms with Crippen molar-refractivity contribution in [3.05, 3.63) is 67.7 Å². The lowest BCUT2D eigenvalue weighted by Gasteiger charge is -2.31. The third-order valence-electron chi connectivity index (χ3n) is 7.23. The van der Waals surface area contributed by atoms with Gasteiger partial charge in [0.25, 0.3) is 15.6 Å². The van der Waals surface area contributed by atoms with Gasteiger partial charge in [0.1, 0.15) is 0 Å². The Morgan fingerprint density at radius 1 is 1.16 bits per heavy atom. The molecule has 11 nitrogen and oxygen atoms in total. The van der Waals surface area contributed by atoms with Gasteiger partial charge in [-0.1, -0.05) is 29.8 Å². The first-order valence-corrected chi connectivity index (χ1v) is 14.1. The molecule has 1 saturated heterocycles. The highest BCUT2D eigenvalue weighted by Crippen LogP contribution is 2.34. The molecular formula is C26H33N7O4S. The maximum Gasteiger partial charge on any atom is 0.332 e. The van der Waals surface area contributed by atoms with E-state index in [9.17, 15) is 18.0 Å². The van der Waals surface area contributed by atoms with Crippen LogP contribution >= 0.6 is 0 Å². The number of sulfonamides is 1. The lowest BCUT2D eigenvalue weighted by Crippen LogP contribution is -2.44. The number of allylic oxidation sites excluding steroid dienone is 3. The molecule has 5 rings (SSSR count). The van der Waals surface area contributed by atoms with Crippen molar-refractivity contribution in [2.45, 2.75) is 45.8 Å². The Morgan fingerprint density at radius 2 is 1.89 bits per heavy atom. The number of fused-ring (bicyclic) bond motifs is 2. The van der Waals surface area contributed by atoms with Gasteiger partial charge in [0.2, 0.25) is 5.95 Å². The van der Waals surface area contributed by atoms with E-state index in [2.05, 4.69) is 4.90 Å². The minimum atomic E-state index is -3.76. The Bertz CT molecular complexity index is 1710. The van der Waals surface area contributed by atoms with Crippen molar-refractivity contribution in [3.8, 4) is 0 Å². The quantitative estimate of drug-likeness (QED) is 0.488. The zero-order valence-electron chi connectivity index (χ0n) is 22.1. The molecule has 1 fully saturated rings. The first-order valence-electron chi connectivity index (χ1n) is 12.6. The van der Waals surface area contributed by atoms with Crippen molar-refractivity contribution in [3.63, 3.8) is 0 Å². The van der Waals surface area contributed by atoms with Crippen LogP contribution in [-0.4, -0.2) is 53.3 Å². The number of aryl methyl sites for hydroxylation is 1. The molecule has 202 valence electrons. The van der Waals surface area contributed by atoms with Gasteiger partial charge in [-0.05, 0) is 38.3 Å². The fraction of sp³-hybridized carbons (Fsp3) is 0.423. The summed E-state index contributed by atoms with van der Waals surface area (Å²) in [7, 11) is -0.699. The lowest BCUT2D eigenvalue weighted by atomic mass is 10.0. The third kappa shape index (κ3) is 4.37. The molecule has 0 saturated carbocycles. The van der Waals surface area contributed by atoms with Crippen LogP contribution in [-0.2, 0) is 30.2 Å². The van der Waals surface area contributed by atoms with Gasteiger partial charge in [0, 0.05) is 45.3 Å². The van der Waals surface area contributed by atoms with Crippen LogP contribution < -0.4 is 26.2 Å². The Labute approximate surface area is 221 Å². The van der Waals surface area contributed by atoms with Crippen molar-refractivity contribution >= 4 is 38.4 Å². The van der Waals surface area contributed by atoms with Crippen LogP contribution in [0.2, 0.25) is 0 Å². The molecule has 0 radical (unpaired) electrons. The Hall–Kier alpha value is -3.64. The van der Waals surface area contributed by atoms with E-state index in [4.69, 9.17) is 10.7 Å². The largest absolute Gasteiger partial charge is 0.341 e. The second-order valence-corrected chi connectivity index (χ2v) is 12.0. The highest BCUT2D eigenvalue weighted by molar-refractivity contribution is 7.95. The number of nitrogens with zero attached hydrogens (tertiary/aromatic N) is 6. The first-order chi connectivity index (χ1) is 18.0. The number of piperidine rings is 1. The van der Waals surface area contributed by atoms with E-state index in [1.54, 1.807) is 31.3 Å². The second-order valence-electron chi connectivity index (χ2n) is 10.2. The number of hydrogen-bond donors (Lipinski definition) is 1. The summed E-state index contributed by atoms with van der Waals surface area (Å²) in [5.74, 6) is 0.601. The van der Waals surface area contributed by atoms with Gasteiger partial charge in [-0.3, -0.25) is 18.2 Å². The maximum atomic E-state index is 14.0. The Kier molecular flexibility index (Phi) is 6.56. The van der Waals surface area contributed by atoms with Crippen molar-refractivity contribution in [1.29, 1.82) is 0 Å². The van der Waals surface area contributed by atoms with Gasteiger partial charge in [-0.2, -0.15) is 4.98 Å². The predicted molar refractivity (Wildman–Crippen MR) is 150 cm³/mol. The average Bonchev–Trinajstić information content (AvgIpc) is 3.27. The van der Waals surface area contributed by atoms with Crippen LogP contribution in [0.5, 0.6) is 0 Å². The Balaban J connectivity index is 1.71. The van der Waals surface area contributed by atoms with Crippen LogP contribution in [0.1, 0.15) is 32.3 Å². The molecule has 0 bridgehead atoms. The fourth-order valence-electron chi connectivity index (χ4n) is 5.15. The number of rotatable bonds is 5. The second kappa shape index (κ2) is 9.59. The number of imidazole rings is 1. The number of para-hydroxylation sites is 1. The monoisotopic (exact) mass is 539 g/mol. The van der Waals surface area contributed by atoms with Gasteiger partial charge in [-0.15, -0.1) is 0 Å². The summed E-state index contributed by atoms with van der Waals surface area (Å²) in [5, 5.41) is 1.13. The maximum absolute atomic E-state index is 14.0. The highest BCUT2D eigenvalue weighted by atomic mass is 32.2. The SMILES string of the molecule is CC(C)=CCn1c(N2CCCC(N)C2)nc2c1c(=O)n(CC1=CS(=O)(=O)N(C)c3ccccc31)c(=O)n2C. The molecule has 3 aromatic rings. The van der Waals surface area contributed by atoms with Gasteiger partial charge in [0.05, 0.1) is 17.6 Å². The summed E-state index contributed by atoms with van der Waals surface area (Å²) < 4.78 is 31.2. The minimum absolute atomic E-state index is 0.000620. The number of hydrogen-bond acceptors (Lipinski definition) is 7. The van der Waals surface area contributed by atoms with Gasteiger partial charge >= 0.3 is 5.69 Å². The van der Waals surface area contributed by atoms with Crippen LogP contribution in [0.3, 0.4) is 0 Å². The lowest BCUT2D eigenvalue weighted by molar-refractivity contribution is 0.495. The van der Waals surface area contributed by atoms with Crippen LogP contribution in [0.4, 0.5) is 11.6 Å². The molecule has 2 N–H and O–H groups in total. The summed E-state index contributed by atoms with van der Waals surface area (Å²) in [4.78, 5) is 34.3. The van der Waals surface area contributed by atoms with E-state index in [0.29, 0.717) is 41.4 Å². The summed E-state index contributed by atoms with van der Waals surface area (Å²) in [6.07, 6.45) is 3.84. The van der Waals surface area contributed by atoms with Gasteiger partial charge < -0.3 is 15.2 Å². The van der Waals surface area contributed by atoms with E-state index in [-0.39, 0.29) is 18.2 Å². The van der Waals surface area contributed by atoms with Crippen molar-refractivity contribution < 1.29 is 8.42 Å². The summed E-state index contributed by atoms with van der Waals surface area (Å²) in [6.45, 7) is 5.53. The fourth-order valence-corrected chi connectivity index (χ4v) is 6.30. The smallest absolute Gasteiger partial charge is 0.332 e. The summed E-state index contributed by atoms with van der Waals surface area (Å²) >= 11 is 0. The standard InChI is InChI=1S/C26H33N7O4S/c1-17(2)11-13-32-22-23(28-25(32)31-12-7-8-19(27)15-31)29(3)26(35)33(24(22)34)14-18-16-38(36,37)30(4)21-10-6-5-9-20(18)21/h5-6,9-11,16,19H,7-8,12-15,27H2,1-4H3. The third-order valence-corrected chi connectivity index (χ3v) is 8.77. The van der Waals surface area contributed by atoms with E-state index in [1.165, 1.54) is 15.9 Å². The number of nitrogens with two attached hydrogens (primary N) is 1. The Morgan fingerprint density at radius 3 is 2.61 bits per heavy atom. The normalized spacial score (nSPS) is 18.9. The average molecular weight is 540 g/mol. The molecule has 0 aliphatic carbocycles. The predicted octanol–water partition coefficient (Wildman–Crippen LogP) is 1.61. The van der Waals surface area contributed by atoms with E-state index in [0.717, 1.165) is 34.9 Å². The van der Waals surface area contributed by atoms with Crippen molar-refractivity contribution in [2.75, 3.05) is 29.3 Å². The molecule has 0 spiro atoms. The first kappa shape index (κ1) is 26.0. The van der Waals surface area contributed by atoms with E-state index in [1.807, 2.05) is 24.5 Å². The molecule has 1 atom stereocenters. The summed E-state index contributed by atoms with van der Waals surface area (Å²) in [6, 6.07) is 7.04. The number of benzene rings is 1. The molecule has 2 aliphatic heterocycles. The molecular weight excluding hydrogens is 506 g/mol.